The maximum absolute atomic E-state index is 14.3. The summed E-state index contributed by atoms with van der Waals surface area (Å²) < 4.78 is 34.5. The molecule has 0 bridgehead atoms. The van der Waals surface area contributed by atoms with Gasteiger partial charge in [0.1, 0.15) is 16.5 Å². The highest BCUT2D eigenvalue weighted by Crippen LogP contribution is 2.51. The van der Waals surface area contributed by atoms with Crippen molar-refractivity contribution >= 4 is 27.0 Å². The number of hydrogen-bond donors (Lipinski definition) is 0. The summed E-state index contributed by atoms with van der Waals surface area (Å²) in [6, 6.07) is 8.84. The van der Waals surface area contributed by atoms with Crippen molar-refractivity contribution in [3.05, 3.63) is 46.3 Å². The Morgan fingerprint density at radius 3 is 1.93 bits per heavy atom. The molecule has 0 spiro atoms. The van der Waals surface area contributed by atoms with Crippen molar-refractivity contribution in [2.75, 3.05) is 31.1 Å². The highest BCUT2D eigenvalue weighted by molar-refractivity contribution is 7.87. The molecule has 2 aliphatic rings. The number of nitriles is 1. The first kappa shape index (κ1) is 32.1. The zero-order valence-corrected chi connectivity index (χ0v) is 28.4. The lowest BCUT2D eigenvalue weighted by Gasteiger charge is -2.38. The zero-order valence-electron chi connectivity index (χ0n) is 27.6. The van der Waals surface area contributed by atoms with E-state index in [0.717, 1.165) is 67.1 Å². The summed E-state index contributed by atoms with van der Waals surface area (Å²) in [7, 11) is -4.30. The van der Waals surface area contributed by atoms with Crippen LogP contribution in [0.15, 0.2) is 23.1 Å². The number of nitrogens with zero attached hydrogens (tertiary/aromatic N) is 6. The van der Waals surface area contributed by atoms with Crippen molar-refractivity contribution in [2.24, 2.45) is 0 Å². The van der Waals surface area contributed by atoms with Crippen LogP contribution in [0.4, 0.5) is 5.82 Å². The molecule has 236 valence electrons. The van der Waals surface area contributed by atoms with E-state index < -0.39 is 15.5 Å². The molecule has 0 radical (unpaired) electrons. The molecule has 1 aliphatic heterocycles. The molecule has 0 amide bonds. The van der Waals surface area contributed by atoms with Gasteiger partial charge in [0.25, 0.3) is 0 Å². The fraction of sp³-hybridized carbons (Fsp3) is 0.588. The number of hydrogen-bond acceptors (Lipinski definition) is 9. The molecule has 0 N–H and O–H groups in total. The summed E-state index contributed by atoms with van der Waals surface area (Å²) in [6.07, 6.45) is 1.46. The van der Waals surface area contributed by atoms with E-state index in [1.54, 1.807) is 6.92 Å². The highest BCUT2D eigenvalue weighted by atomic mass is 32.2. The number of pyridine rings is 1. The molecule has 9 nitrogen and oxygen atoms in total. The second kappa shape index (κ2) is 11.9. The minimum absolute atomic E-state index is 0.0409. The Morgan fingerprint density at radius 2 is 1.45 bits per heavy atom. The number of aromatic nitrogens is 3. The minimum atomic E-state index is -4.30. The van der Waals surface area contributed by atoms with Crippen LogP contribution in [0.25, 0.3) is 11.0 Å². The molecule has 1 aromatic carbocycles. The number of anilines is 1. The highest BCUT2D eigenvalue weighted by Gasteiger charge is 2.48. The Bertz CT molecular complexity index is 1680. The van der Waals surface area contributed by atoms with Crippen molar-refractivity contribution in [3.8, 4) is 11.9 Å². The van der Waals surface area contributed by atoms with E-state index in [2.05, 4.69) is 53.5 Å². The van der Waals surface area contributed by atoms with Crippen LogP contribution in [-0.2, 0) is 15.5 Å². The van der Waals surface area contributed by atoms with E-state index in [-0.39, 0.29) is 28.5 Å². The Kier molecular flexibility index (Phi) is 8.69. The lowest BCUT2D eigenvalue weighted by molar-refractivity contribution is 0.209. The van der Waals surface area contributed by atoms with E-state index in [1.165, 1.54) is 0 Å². The van der Waals surface area contributed by atoms with Crippen molar-refractivity contribution < 1.29 is 12.6 Å². The van der Waals surface area contributed by atoms with Gasteiger partial charge in [-0.3, -0.25) is 4.90 Å². The normalized spacial score (nSPS) is 17.2. The summed E-state index contributed by atoms with van der Waals surface area (Å²) in [4.78, 5) is 19.0. The van der Waals surface area contributed by atoms with E-state index in [0.29, 0.717) is 22.9 Å². The Morgan fingerprint density at radius 1 is 0.864 bits per heavy atom. The molecule has 3 aromatic rings. The van der Waals surface area contributed by atoms with Crippen molar-refractivity contribution in [1.29, 1.82) is 5.26 Å². The van der Waals surface area contributed by atoms with Crippen LogP contribution in [0.5, 0.6) is 5.88 Å². The Hall–Kier alpha value is -3.29. The van der Waals surface area contributed by atoms with E-state index >= 15 is 0 Å². The van der Waals surface area contributed by atoms with Crippen LogP contribution in [-0.4, -0.2) is 60.5 Å². The van der Waals surface area contributed by atoms with Gasteiger partial charge < -0.3 is 9.08 Å². The second-order valence-electron chi connectivity index (χ2n) is 13.6. The summed E-state index contributed by atoms with van der Waals surface area (Å²) in [5.74, 6) is 1.23. The van der Waals surface area contributed by atoms with Crippen molar-refractivity contribution in [2.45, 2.75) is 109 Å². The third-order valence-corrected chi connectivity index (χ3v) is 10.4. The molecular weight excluding hydrogens is 572 g/mol. The van der Waals surface area contributed by atoms with Gasteiger partial charge in [-0.15, -0.1) is 0 Å². The van der Waals surface area contributed by atoms with Gasteiger partial charge in [-0.1, -0.05) is 53.7 Å². The van der Waals surface area contributed by atoms with Crippen LogP contribution in [0.2, 0.25) is 0 Å². The molecule has 5 rings (SSSR count). The minimum Gasteiger partial charge on any atom is -0.357 e. The third-order valence-electron chi connectivity index (χ3n) is 9.09. The van der Waals surface area contributed by atoms with Gasteiger partial charge in [-0.05, 0) is 74.1 Å². The van der Waals surface area contributed by atoms with Gasteiger partial charge in [0, 0.05) is 37.8 Å². The molecule has 1 saturated carbocycles. The molecular formula is C34H46N6O3S. The van der Waals surface area contributed by atoms with Crippen LogP contribution in [0.3, 0.4) is 0 Å². The Labute approximate surface area is 262 Å². The third kappa shape index (κ3) is 6.01. The average Bonchev–Trinajstić information content (AvgIpc) is 3.76. The maximum Gasteiger partial charge on any atom is 0.341 e. The number of fused-ring (bicyclic) bond motifs is 1. The zero-order chi connectivity index (χ0) is 32.1. The number of aryl methyl sites for hydroxylation is 1. The molecule has 0 atom stereocenters. The largest absolute Gasteiger partial charge is 0.357 e. The lowest BCUT2D eigenvalue weighted by atomic mass is 9.89. The first-order valence-electron chi connectivity index (χ1n) is 15.9. The standard InChI is InChI=1S/C34H46N6O3S/c1-20(2)25-16-26(21(3)4)30(27(17-25)22(5)6)44(41,42)43-33-28-18-29(34(19-35)10-11-34)32(38-31(28)36-24(9)37-33)40-14-12-39(13-15-40)23(7)8/h16-18,20-23H,10-15H2,1-9H3. The van der Waals surface area contributed by atoms with Crippen molar-refractivity contribution in [1.82, 2.24) is 19.9 Å². The average molecular weight is 619 g/mol. The fourth-order valence-electron chi connectivity index (χ4n) is 6.12. The monoisotopic (exact) mass is 618 g/mol. The summed E-state index contributed by atoms with van der Waals surface area (Å²) in [6.45, 7) is 21.7. The lowest BCUT2D eigenvalue weighted by Crippen LogP contribution is -2.49. The molecule has 44 heavy (non-hydrogen) atoms. The van der Waals surface area contributed by atoms with Gasteiger partial charge in [0.2, 0.25) is 5.88 Å². The first-order chi connectivity index (χ1) is 20.7. The van der Waals surface area contributed by atoms with Crippen LogP contribution >= 0.6 is 0 Å². The van der Waals surface area contributed by atoms with Gasteiger partial charge in [0.15, 0.2) is 5.65 Å². The van der Waals surface area contributed by atoms with Gasteiger partial charge >= 0.3 is 10.1 Å². The summed E-state index contributed by atoms with van der Waals surface area (Å²) >= 11 is 0. The summed E-state index contributed by atoms with van der Waals surface area (Å²) in [5, 5.41) is 10.6. The van der Waals surface area contributed by atoms with Gasteiger partial charge in [-0.25, -0.2) is 9.97 Å². The fourth-order valence-corrected chi connectivity index (χ4v) is 7.70. The van der Waals surface area contributed by atoms with Crippen LogP contribution in [0, 0.1) is 18.3 Å². The molecule has 2 aromatic heterocycles. The van der Waals surface area contributed by atoms with Crippen LogP contribution in [0.1, 0.15) is 114 Å². The van der Waals surface area contributed by atoms with E-state index in [9.17, 15) is 13.7 Å². The van der Waals surface area contributed by atoms with Gasteiger partial charge in [0.05, 0.1) is 16.9 Å². The maximum atomic E-state index is 14.3. The molecule has 0 unspecified atom stereocenters. The number of benzene rings is 1. The molecule has 1 aliphatic carbocycles. The Balaban J connectivity index is 1.65. The number of piperazine rings is 1. The molecule has 1 saturated heterocycles. The first-order valence-corrected chi connectivity index (χ1v) is 17.3. The molecule has 2 fully saturated rings. The van der Waals surface area contributed by atoms with Crippen molar-refractivity contribution in [3.63, 3.8) is 0 Å². The van der Waals surface area contributed by atoms with E-state index in [1.807, 2.05) is 45.9 Å². The van der Waals surface area contributed by atoms with Crippen LogP contribution < -0.4 is 9.08 Å². The van der Waals surface area contributed by atoms with Gasteiger partial charge in [-0.2, -0.15) is 18.7 Å². The summed E-state index contributed by atoms with van der Waals surface area (Å²) in [5.41, 5.74) is 3.07. The smallest absolute Gasteiger partial charge is 0.341 e. The molecule has 10 heteroatoms. The topological polar surface area (TPSA) is 112 Å². The predicted octanol–water partition coefficient (Wildman–Crippen LogP) is 6.56. The van der Waals surface area contributed by atoms with E-state index in [4.69, 9.17) is 9.17 Å². The predicted molar refractivity (Wildman–Crippen MR) is 174 cm³/mol. The second-order valence-corrected chi connectivity index (χ2v) is 15.1. The quantitative estimate of drug-likeness (QED) is 0.246. The SMILES string of the molecule is Cc1nc(OS(=O)(=O)c2c(C(C)C)cc(C(C)C)cc2C(C)C)c2cc(C3(C#N)CC3)c(N3CCN(C(C)C)CC3)nc2n1. The molecule has 3 heterocycles. The number of rotatable bonds is 9.